The highest BCUT2D eigenvalue weighted by Gasteiger charge is 2.26. The lowest BCUT2D eigenvalue weighted by atomic mass is 10.1. The Morgan fingerprint density at radius 2 is 1.81 bits per heavy atom. The molecule has 0 bridgehead atoms. The van der Waals surface area contributed by atoms with E-state index in [0.29, 0.717) is 24.3 Å². The number of carbonyl (C=O) groups is 1. The lowest BCUT2D eigenvalue weighted by Gasteiger charge is -2.21. The van der Waals surface area contributed by atoms with Crippen LogP contribution in [0.2, 0.25) is 0 Å². The van der Waals surface area contributed by atoms with Gasteiger partial charge in [-0.2, -0.15) is 0 Å². The Labute approximate surface area is 186 Å². The van der Waals surface area contributed by atoms with Crippen LogP contribution < -0.4 is 15.1 Å². The SMILES string of the molecule is O=C(NCC1CCN(c2ccc(F)c(F)c2)C1)c1cc2ccccc2nc1N1CCCC1. The first-order valence-corrected chi connectivity index (χ1v) is 11.2. The van der Waals surface area contributed by atoms with Crippen molar-refractivity contribution in [1.29, 1.82) is 0 Å². The molecular weight excluding hydrogens is 410 g/mol. The highest BCUT2D eigenvalue weighted by Crippen LogP contribution is 2.28. The minimum Gasteiger partial charge on any atom is -0.371 e. The molecule has 2 saturated heterocycles. The summed E-state index contributed by atoms with van der Waals surface area (Å²) in [5.74, 6) is -0.784. The number of halogens is 2. The normalized spacial score (nSPS) is 18.5. The van der Waals surface area contributed by atoms with Crippen LogP contribution in [0.3, 0.4) is 0 Å². The Balaban J connectivity index is 1.29. The molecule has 1 unspecified atom stereocenters. The molecule has 0 radical (unpaired) electrons. The molecule has 3 heterocycles. The van der Waals surface area contributed by atoms with Gasteiger partial charge in [0.05, 0.1) is 11.1 Å². The van der Waals surface area contributed by atoms with Crippen molar-refractivity contribution in [2.45, 2.75) is 19.3 Å². The van der Waals surface area contributed by atoms with E-state index in [1.165, 1.54) is 6.07 Å². The van der Waals surface area contributed by atoms with Crippen LogP contribution >= 0.6 is 0 Å². The number of para-hydroxylation sites is 1. The summed E-state index contributed by atoms with van der Waals surface area (Å²) in [5, 5.41) is 4.05. The van der Waals surface area contributed by atoms with Crippen molar-refractivity contribution in [2.24, 2.45) is 5.92 Å². The molecule has 2 fully saturated rings. The molecule has 166 valence electrons. The molecule has 0 spiro atoms. The molecule has 5 nitrogen and oxygen atoms in total. The molecule has 3 aromatic rings. The summed E-state index contributed by atoms with van der Waals surface area (Å²) in [4.78, 5) is 22.2. The van der Waals surface area contributed by atoms with Gasteiger partial charge in [-0.05, 0) is 49.4 Å². The number of carbonyl (C=O) groups excluding carboxylic acids is 1. The quantitative estimate of drug-likeness (QED) is 0.645. The minimum absolute atomic E-state index is 0.114. The number of amides is 1. The van der Waals surface area contributed by atoms with Gasteiger partial charge in [0.15, 0.2) is 11.6 Å². The van der Waals surface area contributed by atoms with Crippen LogP contribution in [0.1, 0.15) is 29.6 Å². The fourth-order valence-corrected chi connectivity index (χ4v) is 4.69. The summed E-state index contributed by atoms with van der Waals surface area (Å²) in [7, 11) is 0. The molecule has 32 heavy (non-hydrogen) atoms. The molecule has 0 aliphatic carbocycles. The Bertz CT molecular complexity index is 1150. The fraction of sp³-hybridized carbons (Fsp3) is 0.360. The van der Waals surface area contributed by atoms with Crippen molar-refractivity contribution < 1.29 is 13.6 Å². The molecule has 2 aliphatic heterocycles. The topological polar surface area (TPSA) is 48.5 Å². The van der Waals surface area contributed by atoms with E-state index in [9.17, 15) is 13.6 Å². The predicted octanol–water partition coefficient (Wildman–Crippen LogP) is 4.37. The molecule has 1 atom stereocenters. The summed E-state index contributed by atoms with van der Waals surface area (Å²) in [6.07, 6.45) is 3.10. The molecule has 0 saturated carbocycles. The van der Waals surface area contributed by atoms with Gasteiger partial charge in [-0.1, -0.05) is 18.2 Å². The number of benzene rings is 2. The summed E-state index contributed by atoms with van der Waals surface area (Å²) in [6, 6.07) is 13.8. The van der Waals surface area contributed by atoms with E-state index >= 15 is 0 Å². The van der Waals surface area contributed by atoms with Gasteiger partial charge in [-0.3, -0.25) is 4.79 Å². The van der Waals surface area contributed by atoms with E-state index in [1.54, 1.807) is 6.07 Å². The summed E-state index contributed by atoms with van der Waals surface area (Å²) in [6.45, 7) is 3.81. The lowest BCUT2D eigenvalue weighted by molar-refractivity contribution is 0.0948. The molecule has 1 amide bonds. The second-order valence-electron chi connectivity index (χ2n) is 8.66. The highest BCUT2D eigenvalue weighted by atomic mass is 19.2. The first kappa shape index (κ1) is 20.7. The third-order valence-corrected chi connectivity index (χ3v) is 6.46. The van der Waals surface area contributed by atoms with E-state index in [0.717, 1.165) is 61.7 Å². The standard InChI is InChI=1S/C25H26F2N4O/c26-21-8-7-19(14-22(21)27)31-12-9-17(16-31)15-28-25(32)20-13-18-5-1-2-6-23(18)29-24(20)30-10-3-4-11-30/h1-2,5-8,13-14,17H,3-4,9-12,15-16H2,(H,28,32). The van der Waals surface area contributed by atoms with Gasteiger partial charge >= 0.3 is 0 Å². The molecule has 2 aromatic carbocycles. The summed E-state index contributed by atoms with van der Waals surface area (Å²) >= 11 is 0. The number of nitrogens with zero attached hydrogens (tertiary/aromatic N) is 3. The molecule has 7 heteroatoms. The maximum atomic E-state index is 13.6. The average molecular weight is 437 g/mol. The second-order valence-corrected chi connectivity index (χ2v) is 8.66. The van der Waals surface area contributed by atoms with Crippen LogP contribution in [0.5, 0.6) is 0 Å². The van der Waals surface area contributed by atoms with Crippen LogP contribution in [0.4, 0.5) is 20.3 Å². The Morgan fingerprint density at radius 1 is 1.00 bits per heavy atom. The van der Waals surface area contributed by atoms with Gasteiger partial charge in [0, 0.05) is 49.9 Å². The van der Waals surface area contributed by atoms with E-state index in [2.05, 4.69) is 10.2 Å². The largest absolute Gasteiger partial charge is 0.371 e. The average Bonchev–Trinajstić information content (AvgIpc) is 3.51. The zero-order chi connectivity index (χ0) is 22.1. The number of rotatable bonds is 5. The fourth-order valence-electron chi connectivity index (χ4n) is 4.69. The number of nitrogens with one attached hydrogen (secondary N) is 1. The lowest BCUT2D eigenvalue weighted by Crippen LogP contribution is -2.33. The zero-order valence-electron chi connectivity index (χ0n) is 17.9. The molecule has 5 rings (SSSR count). The Kier molecular flexibility index (Phi) is 5.64. The Hall–Kier alpha value is -3.22. The van der Waals surface area contributed by atoms with E-state index in [1.807, 2.05) is 35.2 Å². The van der Waals surface area contributed by atoms with Crippen LogP contribution in [0.15, 0.2) is 48.5 Å². The molecule has 1 N–H and O–H groups in total. The van der Waals surface area contributed by atoms with Crippen molar-refractivity contribution in [2.75, 3.05) is 42.5 Å². The first-order valence-electron chi connectivity index (χ1n) is 11.2. The maximum Gasteiger partial charge on any atom is 0.255 e. The van der Waals surface area contributed by atoms with Gasteiger partial charge in [0.2, 0.25) is 0 Å². The third-order valence-electron chi connectivity index (χ3n) is 6.46. The van der Waals surface area contributed by atoms with Crippen molar-refractivity contribution in [1.82, 2.24) is 10.3 Å². The first-order chi connectivity index (χ1) is 15.6. The number of fused-ring (bicyclic) bond motifs is 1. The van der Waals surface area contributed by atoms with E-state index < -0.39 is 11.6 Å². The van der Waals surface area contributed by atoms with Crippen molar-refractivity contribution in [3.8, 4) is 0 Å². The van der Waals surface area contributed by atoms with E-state index in [-0.39, 0.29) is 11.8 Å². The number of anilines is 2. The minimum atomic E-state index is -0.838. The van der Waals surface area contributed by atoms with Crippen LogP contribution in [0.25, 0.3) is 10.9 Å². The maximum absolute atomic E-state index is 13.6. The highest BCUT2D eigenvalue weighted by molar-refractivity contribution is 6.02. The van der Waals surface area contributed by atoms with Crippen molar-refractivity contribution in [3.63, 3.8) is 0 Å². The molecule has 2 aliphatic rings. The summed E-state index contributed by atoms with van der Waals surface area (Å²) in [5.41, 5.74) is 2.18. The van der Waals surface area contributed by atoms with Crippen molar-refractivity contribution in [3.05, 3.63) is 65.7 Å². The van der Waals surface area contributed by atoms with Crippen LogP contribution in [-0.2, 0) is 0 Å². The van der Waals surface area contributed by atoms with Crippen LogP contribution in [0, 0.1) is 17.6 Å². The van der Waals surface area contributed by atoms with Gasteiger partial charge in [-0.25, -0.2) is 13.8 Å². The van der Waals surface area contributed by atoms with Crippen LogP contribution in [-0.4, -0.2) is 43.6 Å². The summed E-state index contributed by atoms with van der Waals surface area (Å²) < 4.78 is 26.8. The number of aromatic nitrogens is 1. The van der Waals surface area contributed by atoms with Gasteiger partial charge < -0.3 is 15.1 Å². The molecular formula is C25H26F2N4O. The monoisotopic (exact) mass is 436 g/mol. The number of hydrogen-bond donors (Lipinski definition) is 1. The number of pyridine rings is 1. The Morgan fingerprint density at radius 3 is 2.62 bits per heavy atom. The smallest absolute Gasteiger partial charge is 0.255 e. The van der Waals surface area contributed by atoms with Gasteiger partial charge in [0.1, 0.15) is 5.82 Å². The third kappa shape index (κ3) is 4.11. The van der Waals surface area contributed by atoms with Gasteiger partial charge in [-0.15, -0.1) is 0 Å². The molecule has 1 aromatic heterocycles. The van der Waals surface area contributed by atoms with E-state index in [4.69, 9.17) is 4.98 Å². The predicted molar refractivity (Wildman–Crippen MR) is 122 cm³/mol. The van der Waals surface area contributed by atoms with Gasteiger partial charge in [0.25, 0.3) is 5.91 Å². The zero-order valence-corrected chi connectivity index (χ0v) is 17.9. The second kappa shape index (κ2) is 8.73. The van der Waals surface area contributed by atoms with Crippen molar-refractivity contribution >= 4 is 28.3 Å². The number of hydrogen-bond acceptors (Lipinski definition) is 4.